The van der Waals surface area contributed by atoms with Crippen molar-refractivity contribution in [1.29, 1.82) is 5.26 Å². The zero-order valence-electron chi connectivity index (χ0n) is 10.7. The molecular weight excluding hydrogens is 304 g/mol. The second kappa shape index (κ2) is 5.42. The first kappa shape index (κ1) is 14.8. The van der Waals surface area contributed by atoms with Gasteiger partial charge in [-0.25, -0.2) is 13.6 Å². The van der Waals surface area contributed by atoms with Gasteiger partial charge in [0.2, 0.25) is 0 Å². The van der Waals surface area contributed by atoms with Crippen LogP contribution in [0.15, 0.2) is 18.3 Å². The Balaban J connectivity index is 2.85. The molecule has 0 bridgehead atoms. The number of nitrogens with zero attached hydrogens (tertiary/aromatic N) is 2. The molecule has 2 rings (SSSR count). The van der Waals surface area contributed by atoms with Crippen molar-refractivity contribution < 1.29 is 18.3 Å². The summed E-state index contributed by atoms with van der Waals surface area (Å²) in [4.78, 5) is 11.8. The molecule has 2 N–H and O–H groups in total. The fourth-order valence-corrected chi connectivity index (χ4v) is 2.07. The fraction of sp³-hybridized carbons (Fsp3) is 0.0769. The highest BCUT2D eigenvalue weighted by atomic mass is 35.5. The first-order valence-electron chi connectivity index (χ1n) is 5.55. The molecule has 21 heavy (non-hydrogen) atoms. The number of rotatable bonds is 2. The van der Waals surface area contributed by atoms with Crippen molar-refractivity contribution in [2.24, 2.45) is 0 Å². The van der Waals surface area contributed by atoms with Crippen LogP contribution in [0.25, 0.3) is 5.69 Å². The highest BCUT2D eigenvalue weighted by molar-refractivity contribution is 6.32. The van der Waals surface area contributed by atoms with Crippen LogP contribution in [0.5, 0.6) is 0 Å². The SMILES string of the molecule is COC(=O)c1c(N)c(C#N)cn1-c1c(F)ccc(F)c1Cl. The minimum atomic E-state index is -0.909. The molecule has 1 aromatic heterocycles. The number of hydrogen-bond acceptors (Lipinski definition) is 4. The van der Waals surface area contributed by atoms with Crippen molar-refractivity contribution in [2.75, 3.05) is 12.8 Å². The first-order chi connectivity index (χ1) is 9.92. The first-order valence-corrected chi connectivity index (χ1v) is 5.93. The summed E-state index contributed by atoms with van der Waals surface area (Å²) in [7, 11) is 1.09. The van der Waals surface area contributed by atoms with Crippen LogP contribution in [0.1, 0.15) is 16.1 Å². The summed E-state index contributed by atoms with van der Waals surface area (Å²) in [5, 5.41) is 8.41. The maximum absolute atomic E-state index is 14.0. The monoisotopic (exact) mass is 311 g/mol. The molecule has 0 aliphatic carbocycles. The lowest BCUT2D eigenvalue weighted by atomic mass is 10.2. The Labute approximate surface area is 123 Å². The van der Waals surface area contributed by atoms with Gasteiger partial charge in [-0.3, -0.25) is 0 Å². The van der Waals surface area contributed by atoms with Crippen molar-refractivity contribution in [1.82, 2.24) is 4.57 Å². The summed E-state index contributed by atoms with van der Waals surface area (Å²) in [6.07, 6.45) is 1.09. The van der Waals surface area contributed by atoms with E-state index >= 15 is 0 Å². The average Bonchev–Trinajstić information content (AvgIpc) is 2.79. The third kappa shape index (κ3) is 2.30. The second-order valence-corrected chi connectivity index (χ2v) is 4.35. The van der Waals surface area contributed by atoms with E-state index in [1.165, 1.54) is 0 Å². The van der Waals surface area contributed by atoms with Gasteiger partial charge in [0, 0.05) is 6.20 Å². The molecule has 0 atom stereocenters. The number of nitrogens with two attached hydrogens (primary N) is 1. The third-order valence-electron chi connectivity index (χ3n) is 2.80. The van der Waals surface area contributed by atoms with E-state index in [2.05, 4.69) is 4.74 Å². The van der Waals surface area contributed by atoms with E-state index in [0.717, 1.165) is 30.0 Å². The molecule has 5 nitrogen and oxygen atoms in total. The smallest absolute Gasteiger partial charge is 0.357 e. The Hall–Kier alpha value is -2.59. The Morgan fingerprint density at radius 3 is 2.62 bits per heavy atom. The number of methoxy groups -OCH3 is 1. The zero-order chi connectivity index (χ0) is 15.7. The largest absolute Gasteiger partial charge is 0.464 e. The van der Waals surface area contributed by atoms with Gasteiger partial charge < -0.3 is 15.0 Å². The summed E-state index contributed by atoms with van der Waals surface area (Å²) >= 11 is 5.75. The predicted molar refractivity (Wildman–Crippen MR) is 71.2 cm³/mol. The lowest BCUT2D eigenvalue weighted by Gasteiger charge is -2.11. The maximum Gasteiger partial charge on any atom is 0.357 e. The molecule has 108 valence electrons. The van der Waals surface area contributed by atoms with Gasteiger partial charge in [0.05, 0.1) is 18.4 Å². The van der Waals surface area contributed by atoms with Crippen LogP contribution in [0.2, 0.25) is 5.02 Å². The number of esters is 1. The van der Waals surface area contributed by atoms with Crippen LogP contribution >= 0.6 is 11.6 Å². The third-order valence-corrected chi connectivity index (χ3v) is 3.16. The topological polar surface area (TPSA) is 81.0 Å². The number of carbonyl (C=O) groups is 1. The van der Waals surface area contributed by atoms with Crippen LogP contribution in [-0.4, -0.2) is 17.6 Å². The number of benzene rings is 1. The zero-order valence-corrected chi connectivity index (χ0v) is 11.4. The van der Waals surface area contributed by atoms with Crippen molar-refractivity contribution in [2.45, 2.75) is 0 Å². The van der Waals surface area contributed by atoms with Crippen LogP contribution in [0, 0.1) is 23.0 Å². The molecule has 0 aliphatic rings. The Kier molecular flexibility index (Phi) is 3.82. The highest BCUT2D eigenvalue weighted by Gasteiger charge is 2.25. The molecule has 0 aliphatic heterocycles. The minimum Gasteiger partial charge on any atom is -0.464 e. The standard InChI is InChI=1S/C13H8ClF2N3O2/c1-21-13(20)12-10(18)6(4-17)5-19(12)11-8(16)3-2-7(15)9(11)14/h2-3,5H,18H2,1H3. The van der Waals surface area contributed by atoms with Gasteiger partial charge in [0.1, 0.15) is 28.4 Å². The number of anilines is 1. The molecular formula is C13H8ClF2N3O2. The Morgan fingerprint density at radius 1 is 1.43 bits per heavy atom. The van der Waals surface area contributed by atoms with E-state index in [0.29, 0.717) is 0 Å². The Morgan fingerprint density at radius 2 is 2.05 bits per heavy atom. The molecule has 2 aromatic rings. The number of ether oxygens (including phenoxy) is 1. The van der Waals surface area contributed by atoms with E-state index in [-0.39, 0.29) is 16.9 Å². The fourth-order valence-electron chi connectivity index (χ4n) is 1.83. The van der Waals surface area contributed by atoms with Gasteiger partial charge in [0.15, 0.2) is 5.69 Å². The molecule has 1 aromatic carbocycles. The second-order valence-electron chi connectivity index (χ2n) is 3.97. The summed E-state index contributed by atoms with van der Waals surface area (Å²) in [5.41, 5.74) is 4.64. The maximum atomic E-state index is 14.0. The van der Waals surface area contributed by atoms with E-state index in [1.807, 2.05) is 0 Å². The highest BCUT2D eigenvalue weighted by Crippen LogP contribution is 2.31. The lowest BCUT2D eigenvalue weighted by Crippen LogP contribution is -2.12. The Bertz CT molecular complexity index is 781. The predicted octanol–water partition coefficient (Wildman–Crippen LogP) is 2.65. The molecule has 0 saturated heterocycles. The number of halogens is 3. The van der Waals surface area contributed by atoms with Gasteiger partial charge in [0.25, 0.3) is 0 Å². The molecule has 0 spiro atoms. The summed E-state index contributed by atoms with van der Waals surface area (Å²) < 4.78 is 32.9. The van der Waals surface area contributed by atoms with E-state index in [1.54, 1.807) is 6.07 Å². The normalized spacial score (nSPS) is 10.2. The minimum absolute atomic E-state index is 0.0878. The molecule has 1 heterocycles. The van der Waals surface area contributed by atoms with E-state index in [4.69, 9.17) is 22.6 Å². The van der Waals surface area contributed by atoms with Crippen molar-refractivity contribution >= 4 is 23.3 Å². The molecule has 0 unspecified atom stereocenters. The molecule has 8 heteroatoms. The average molecular weight is 312 g/mol. The molecule has 0 fully saturated rings. The van der Waals surface area contributed by atoms with E-state index < -0.39 is 28.3 Å². The van der Waals surface area contributed by atoms with Crippen molar-refractivity contribution in [3.63, 3.8) is 0 Å². The molecule has 0 radical (unpaired) electrons. The van der Waals surface area contributed by atoms with Gasteiger partial charge in [-0.15, -0.1) is 0 Å². The van der Waals surface area contributed by atoms with Gasteiger partial charge in [-0.2, -0.15) is 5.26 Å². The van der Waals surface area contributed by atoms with E-state index in [9.17, 15) is 13.6 Å². The van der Waals surface area contributed by atoms with Crippen LogP contribution in [0.3, 0.4) is 0 Å². The van der Waals surface area contributed by atoms with Gasteiger partial charge >= 0.3 is 5.97 Å². The van der Waals surface area contributed by atoms with Crippen LogP contribution < -0.4 is 5.73 Å². The molecule has 0 saturated carbocycles. The summed E-state index contributed by atoms with van der Waals surface area (Å²) in [6.45, 7) is 0. The number of carbonyl (C=O) groups excluding carboxylic acids is 1. The van der Waals surface area contributed by atoms with Crippen molar-refractivity contribution in [3.8, 4) is 11.8 Å². The van der Waals surface area contributed by atoms with Gasteiger partial charge in [-0.1, -0.05) is 11.6 Å². The quantitative estimate of drug-likeness (QED) is 0.683. The lowest BCUT2D eigenvalue weighted by molar-refractivity contribution is 0.0593. The number of nitriles is 1. The van der Waals surface area contributed by atoms with Crippen LogP contribution in [0.4, 0.5) is 14.5 Å². The van der Waals surface area contributed by atoms with Gasteiger partial charge in [-0.05, 0) is 12.1 Å². The van der Waals surface area contributed by atoms with Crippen LogP contribution in [-0.2, 0) is 4.74 Å². The molecule has 0 amide bonds. The number of aromatic nitrogens is 1. The van der Waals surface area contributed by atoms with Crippen molar-refractivity contribution in [3.05, 3.63) is 46.2 Å². The number of hydrogen-bond donors (Lipinski definition) is 1. The summed E-state index contributed by atoms with van der Waals surface area (Å²) in [6, 6.07) is 3.44. The summed E-state index contributed by atoms with van der Waals surface area (Å²) in [5.74, 6) is -2.67. The number of nitrogen functional groups attached to an aromatic ring is 1.